The summed E-state index contributed by atoms with van der Waals surface area (Å²) in [7, 11) is -9.81. The van der Waals surface area contributed by atoms with Crippen LogP contribution in [-0.4, -0.2) is 95.9 Å². The molecule has 0 bridgehead atoms. The number of aliphatic hydroxyl groups is 2. The van der Waals surface area contributed by atoms with Gasteiger partial charge in [-0.3, -0.25) is 32.5 Å². The van der Waals surface area contributed by atoms with Crippen molar-refractivity contribution in [3.05, 3.63) is 158 Å². The first-order valence-electron chi connectivity index (χ1n) is 44.8. The average Bonchev–Trinajstić information content (AvgIpc) is 0.900. The lowest BCUT2D eigenvalue weighted by Crippen LogP contribution is -2.30. The number of phosphoric ester groups is 2. The molecule has 0 amide bonds. The molecule has 0 spiro atoms. The fourth-order valence-electron chi connectivity index (χ4n) is 12.1. The fourth-order valence-corrected chi connectivity index (χ4v) is 13.6. The Labute approximate surface area is 689 Å². The van der Waals surface area contributed by atoms with Crippen LogP contribution in [0.15, 0.2) is 158 Å². The molecule has 16 nitrogen and oxygen atoms in total. The summed E-state index contributed by atoms with van der Waals surface area (Å²) in [6.07, 6.45) is 110. The Morgan fingerprint density at radius 3 is 0.699 bits per heavy atom. The van der Waals surface area contributed by atoms with Gasteiger partial charge in [0.1, 0.15) is 25.4 Å². The lowest BCUT2D eigenvalue weighted by molar-refractivity contribution is -0.161. The van der Waals surface area contributed by atoms with Gasteiger partial charge in [0.15, 0.2) is 6.10 Å². The van der Waals surface area contributed by atoms with Crippen molar-refractivity contribution in [1.29, 1.82) is 0 Å². The third-order valence-corrected chi connectivity index (χ3v) is 20.6. The van der Waals surface area contributed by atoms with Gasteiger partial charge in [0.2, 0.25) is 0 Å². The first-order valence-corrected chi connectivity index (χ1v) is 47.8. The maximum Gasteiger partial charge on any atom is 0.472 e. The van der Waals surface area contributed by atoms with E-state index < -0.39 is 91.5 Å². The van der Waals surface area contributed by atoms with E-state index in [2.05, 4.69) is 179 Å². The Balaban J connectivity index is 4.50. The van der Waals surface area contributed by atoms with Crippen molar-refractivity contribution in [3.8, 4) is 0 Å². The molecule has 0 rings (SSSR count). The van der Waals surface area contributed by atoms with Gasteiger partial charge in [-0.2, -0.15) is 0 Å². The van der Waals surface area contributed by atoms with E-state index in [1.54, 1.807) is 0 Å². The maximum absolute atomic E-state index is 13.0. The number of rotatable bonds is 84. The van der Waals surface area contributed by atoms with Crippen molar-refractivity contribution >= 4 is 33.6 Å². The number of allylic oxidation sites excluding steroid dienone is 26. The zero-order valence-electron chi connectivity index (χ0n) is 71.3. The van der Waals surface area contributed by atoms with Gasteiger partial charge in [0.25, 0.3) is 0 Å². The summed E-state index contributed by atoms with van der Waals surface area (Å²) < 4.78 is 61.4. The molecule has 0 aromatic heterocycles. The third kappa shape index (κ3) is 87.8. The van der Waals surface area contributed by atoms with Crippen LogP contribution in [-0.2, 0) is 55.8 Å². The van der Waals surface area contributed by atoms with E-state index in [4.69, 9.17) is 32.3 Å². The first-order chi connectivity index (χ1) is 55.2. The Bertz CT molecular complexity index is 2680. The van der Waals surface area contributed by atoms with Crippen molar-refractivity contribution in [2.75, 3.05) is 39.6 Å². The summed E-state index contributed by atoms with van der Waals surface area (Å²) in [6, 6.07) is 0. The van der Waals surface area contributed by atoms with Crippen LogP contribution < -0.4 is 0 Å². The predicted molar refractivity (Wildman–Crippen MR) is 472 cm³/mol. The second-order valence-corrected chi connectivity index (χ2v) is 32.5. The number of unbranched alkanes of at least 4 members (excludes halogenated alkanes) is 35. The van der Waals surface area contributed by atoms with Gasteiger partial charge >= 0.3 is 33.6 Å². The van der Waals surface area contributed by atoms with Crippen LogP contribution in [0, 0.1) is 0 Å². The molecule has 18 heteroatoms. The highest BCUT2D eigenvalue weighted by Gasteiger charge is 2.29. The van der Waals surface area contributed by atoms with Crippen molar-refractivity contribution < 1.29 is 75.8 Å². The molecule has 0 saturated carbocycles. The number of hydrogen-bond donors (Lipinski definition) is 4. The van der Waals surface area contributed by atoms with Crippen LogP contribution in [0.2, 0.25) is 0 Å². The quantitative estimate of drug-likeness (QED) is 0.0146. The largest absolute Gasteiger partial charge is 0.472 e. The summed E-state index contributed by atoms with van der Waals surface area (Å²) >= 11 is 0. The van der Waals surface area contributed by atoms with Crippen LogP contribution >= 0.6 is 15.6 Å². The SMILES string of the molecule is CC/C=C\C/C=C\C/C=C\C/C=C\C/C=C\CCCCCCCCCCCCCCCCCCCC(=O)OCC(O)COP(=O)(O)OCC(O)COP(=O)(O)OCC(COC(=O)CCCCCCCCCCCCC/C=C\C/C=C\C/C=C\C/C=C\C/C=C\CC)OC(=O)CCCCCCCCC/C=C\C/C=C\C/C=C\CC. The van der Waals surface area contributed by atoms with Crippen molar-refractivity contribution in [2.24, 2.45) is 0 Å². The molecular formula is C95H162O16P2. The smallest absolute Gasteiger partial charge is 0.463 e. The highest BCUT2D eigenvalue weighted by molar-refractivity contribution is 7.47. The molecule has 0 heterocycles. The zero-order chi connectivity index (χ0) is 82.2. The lowest BCUT2D eigenvalue weighted by atomic mass is 10.0. The Morgan fingerprint density at radius 2 is 0.442 bits per heavy atom. The molecule has 0 saturated heterocycles. The normalized spacial score (nSPS) is 14.6. The summed E-state index contributed by atoms with van der Waals surface area (Å²) in [4.78, 5) is 58.9. The second kappa shape index (κ2) is 86.5. The molecule has 648 valence electrons. The molecule has 0 aliphatic carbocycles. The number of phosphoric acid groups is 2. The van der Waals surface area contributed by atoms with Gasteiger partial charge in [-0.25, -0.2) is 9.13 Å². The van der Waals surface area contributed by atoms with Gasteiger partial charge < -0.3 is 34.2 Å². The van der Waals surface area contributed by atoms with E-state index in [0.29, 0.717) is 19.3 Å². The molecule has 0 radical (unpaired) electrons. The van der Waals surface area contributed by atoms with Crippen LogP contribution in [0.3, 0.4) is 0 Å². The van der Waals surface area contributed by atoms with Crippen LogP contribution in [0.4, 0.5) is 0 Å². The second-order valence-electron chi connectivity index (χ2n) is 29.6. The van der Waals surface area contributed by atoms with Crippen molar-refractivity contribution in [1.82, 2.24) is 0 Å². The third-order valence-electron chi connectivity index (χ3n) is 18.7. The molecule has 0 fully saturated rings. The van der Waals surface area contributed by atoms with Gasteiger partial charge in [0, 0.05) is 19.3 Å². The molecule has 113 heavy (non-hydrogen) atoms. The minimum Gasteiger partial charge on any atom is -0.463 e. The van der Waals surface area contributed by atoms with E-state index in [1.165, 1.54) is 128 Å². The molecule has 0 aliphatic heterocycles. The van der Waals surface area contributed by atoms with Crippen LogP contribution in [0.1, 0.15) is 367 Å². The van der Waals surface area contributed by atoms with E-state index in [9.17, 15) is 43.5 Å². The van der Waals surface area contributed by atoms with Gasteiger partial charge in [-0.05, 0) is 141 Å². The Morgan fingerprint density at radius 1 is 0.248 bits per heavy atom. The Kier molecular flexibility index (Phi) is 82.8. The number of carbonyl (C=O) groups excluding carboxylic acids is 3. The lowest BCUT2D eigenvalue weighted by Gasteiger charge is -2.21. The van der Waals surface area contributed by atoms with E-state index in [0.717, 1.165) is 180 Å². The molecule has 0 aromatic rings. The standard InChI is InChI=1S/C95H162O16P2/c1-4-7-10-13-16-19-22-25-28-31-33-35-37-39-41-42-43-44-45-46-48-50-51-53-55-58-60-63-66-69-72-75-78-81-93(98)105-84-90(96)85-107-112(101,102)108-86-91(97)87-109-113(103,104)110-89-92(111-95(100)83-80-77-74-71-68-65-62-57-30-27-24-21-18-15-12-9-6-3)88-106-94(99)82-79-76-73-70-67-64-61-59-56-54-52-49-47-40-38-36-34-32-29-26-23-20-17-14-11-8-5-2/h7-12,16-21,25-30,33-36,39-41,47,90-92,96-97H,4-6,13-15,22-24,31-32,37-38,42-46,48-89H2,1-3H3,(H,101,102)(H,103,104)/b10-7-,11-8-,12-9-,19-16-,20-17-,21-18-,28-25-,29-26-,30-27-,35-33-,36-34-,41-39-,47-40-. The van der Waals surface area contributed by atoms with Gasteiger partial charge in [0.05, 0.1) is 26.4 Å². The number of ether oxygens (including phenoxy) is 3. The van der Waals surface area contributed by atoms with Crippen LogP contribution in [0.25, 0.3) is 0 Å². The average molecular weight is 1620 g/mol. The molecule has 5 atom stereocenters. The van der Waals surface area contributed by atoms with E-state index in [-0.39, 0.29) is 19.3 Å². The summed E-state index contributed by atoms with van der Waals surface area (Å²) in [5.41, 5.74) is 0. The minimum absolute atomic E-state index is 0.0899. The fraction of sp³-hybridized carbons (Fsp3) is 0.695. The summed E-state index contributed by atoms with van der Waals surface area (Å²) in [5.74, 6) is -1.58. The maximum atomic E-state index is 13.0. The molecule has 4 N–H and O–H groups in total. The van der Waals surface area contributed by atoms with E-state index >= 15 is 0 Å². The minimum atomic E-state index is -4.94. The number of aliphatic hydroxyl groups excluding tert-OH is 2. The highest BCUT2D eigenvalue weighted by atomic mass is 31.2. The van der Waals surface area contributed by atoms with Crippen LogP contribution in [0.5, 0.6) is 0 Å². The topological polar surface area (TPSA) is 231 Å². The molecule has 0 aliphatic rings. The molecule has 0 aromatic carbocycles. The molecule has 5 unspecified atom stereocenters. The number of esters is 3. The predicted octanol–water partition coefficient (Wildman–Crippen LogP) is 27.3. The Hall–Kier alpha value is -4.83. The number of carbonyl (C=O) groups is 3. The molecular weight excluding hydrogens is 1460 g/mol. The monoisotopic (exact) mass is 1620 g/mol. The summed E-state index contributed by atoms with van der Waals surface area (Å²) in [5, 5.41) is 20.7. The highest BCUT2D eigenvalue weighted by Crippen LogP contribution is 2.45. The summed E-state index contributed by atoms with van der Waals surface area (Å²) in [6.45, 7) is 2.37. The zero-order valence-corrected chi connectivity index (χ0v) is 73.0. The van der Waals surface area contributed by atoms with Crippen molar-refractivity contribution in [3.63, 3.8) is 0 Å². The van der Waals surface area contributed by atoms with Gasteiger partial charge in [-0.1, -0.05) is 365 Å². The number of hydrogen-bond acceptors (Lipinski definition) is 14. The van der Waals surface area contributed by atoms with E-state index in [1.807, 2.05) is 0 Å². The first kappa shape index (κ1) is 108. The van der Waals surface area contributed by atoms with Gasteiger partial charge in [-0.15, -0.1) is 0 Å². The van der Waals surface area contributed by atoms with Crippen molar-refractivity contribution in [2.45, 2.75) is 386 Å².